The SMILES string of the molecule is C[C@@H]1CCC[C@H](C)N1C(=O)c1cc(Cl)ccc1NCC(=O)Nc1cccc(F)c1. The molecule has 1 heterocycles. The zero-order valence-corrected chi connectivity index (χ0v) is 17.3. The summed E-state index contributed by atoms with van der Waals surface area (Å²) >= 11 is 6.14. The van der Waals surface area contributed by atoms with E-state index in [4.69, 9.17) is 11.6 Å². The third-order valence-corrected chi connectivity index (χ3v) is 5.42. The van der Waals surface area contributed by atoms with E-state index in [-0.39, 0.29) is 30.4 Å². The Morgan fingerprint density at radius 1 is 1.14 bits per heavy atom. The Hall–Kier alpha value is -2.60. The Balaban J connectivity index is 1.73. The molecule has 2 aromatic carbocycles. The fourth-order valence-corrected chi connectivity index (χ4v) is 3.93. The Morgan fingerprint density at radius 2 is 1.86 bits per heavy atom. The lowest BCUT2D eigenvalue weighted by Crippen LogP contribution is -2.47. The van der Waals surface area contributed by atoms with Gasteiger partial charge in [0.15, 0.2) is 0 Å². The fourth-order valence-electron chi connectivity index (χ4n) is 3.76. The highest BCUT2D eigenvalue weighted by molar-refractivity contribution is 6.31. The van der Waals surface area contributed by atoms with E-state index in [1.165, 1.54) is 18.2 Å². The van der Waals surface area contributed by atoms with Crippen molar-refractivity contribution >= 4 is 34.8 Å². The van der Waals surface area contributed by atoms with Gasteiger partial charge in [-0.25, -0.2) is 4.39 Å². The average molecular weight is 418 g/mol. The lowest BCUT2D eigenvalue weighted by atomic mass is 9.96. The molecule has 3 rings (SSSR count). The first-order valence-corrected chi connectivity index (χ1v) is 10.1. The standard InChI is InChI=1S/C22H25ClFN3O2/c1-14-5-3-6-15(2)27(14)22(29)19-11-16(23)9-10-20(19)25-13-21(28)26-18-8-4-7-17(24)12-18/h4,7-12,14-15,25H,3,5-6,13H2,1-2H3,(H,26,28)/t14-,15+. The number of benzene rings is 2. The first kappa shape index (κ1) is 21.1. The van der Waals surface area contributed by atoms with E-state index in [2.05, 4.69) is 24.5 Å². The van der Waals surface area contributed by atoms with Crippen molar-refractivity contribution in [2.45, 2.75) is 45.2 Å². The van der Waals surface area contributed by atoms with Crippen LogP contribution in [0.15, 0.2) is 42.5 Å². The van der Waals surface area contributed by atoms with Crippen LogP contribution in [0.4, 0.5) is 15.8 Å². The number of nitrogens with one attached hydrogen (secondary N) is 2. The number of hydrogen-bond donors (Lipinski definition) is 2. The van der Waals surface area contributed by atoms with Crippen molar-refractivity contribution in [3.8, 4) is 0 Å². The number of hydrogen-bond acceptors (Lipinski definition) is 3. The summed E-state index contributed by atoms with van der Waals surface area (Å²) in [6.07, 6.45) is 3.04. The molecule has 2 atom stereocenters. The van der Waals surface area contributed by atoms with Gasteiger partial charge in [-0.1, -0.05) is 17.7 Å². The number of halogens is 2. The third-order valence-electron chi connectivity index (χ3n) is 5.19. The molecule has 0 aliphatic carbocycles. The summed E-state index contributed by atoms with van der Waals surface area (Å²) < 4.78 is 13.3. The maximum absolute atomic E-state index is 13.3. The van der Waals surface area contributed by atoms with Crippen LogP contribution in [0.3, 0.4) is 0 Å². The molecule has 0 bridgehead atoms. The molecule has 7 heteroatoms. The number of carbonyl (C=O) groups is 2. The lowest BCUT2D eigenvalue weighted by molar-refractivity contribution is -0.114. The number of nitrogens with zero attached hydrogens (tertiary/aromatic N) is 1. The Bertz CT molecular complexity index is 895. The molecule has 154 valence electrons. The van der Waals surface area contributed by atoms with Gasteiger partial charge in [0.1, 0.15) is 5.82 Å². The van der Waals surface area contributed by atoms with Gasteiger partial charge in [0.2, 0.25) is 5.91 Å². The van der Waals surface area contributed by atoms with Gasteiger partial charge in [-0.3, -0.25) is 9.59 Å². The van der Waals surface area contributed by atoms with Crippen LogP contribution in [-0.4, -0.2) is 35.3 Å². The van der Waals surface area contributed by atoms with Crippen molar-refractivity contribution in [1.82, 2.24) is 4.90 Å². The summed E-state index contributed by atoms with van der Waals surface area (Å²) in [5.41, 5.74) is 1.36. The molecular formula is C22H25ClFN3O2. The van der Waals surface area contributed by atoms with E-state index in [0.29, 0.717) is 22.0 Å². The van der Waals surface area contributed by atoms with Crippen molar-refractivity contribution < 1.29 is 14.0 Å². The minimum absolute atomic E-state index is 0.0659. The quantitative estimate of drug-likeness (QED) is 0.724. The largest absolute Gasteiger partial charge is 0.375 e. The van der Waals surface area contributed by atoms with Crippen LogP contribution in [0.25, 0.3) is 0 Å². The number of rotatable bonds is 5. The minimum Gasteiger partial charge on any atom is -0.375 e. The first-order chi connectivity index (χ1) is 13.8. The van der Waals surface area contributed by atoms with Crippen LogP contribution >= 0.6 is 11.6 Å². The summed E-state index contributed by atoms with van der Waals surface area (Å²) in [4.78, 5) is 27.4. The van der Waals surface area contributed by atoms with Crippen LogP contribution in [-0.2, 0) is 4.79 Å². The van der Waals surface area contributed by atoms with Crippen molar-refractivity contribution in [1.29, 1.82) is 0 Å². The second kappa shape index (κ2) is 9.27. The Morgan fingerprint density at radius 3 is 2.55 bits per heavy atom. The number of carbonyl (C=O) groups excluding carboxylic acids is 2. The van der Waals surface area contributed by atoms with Crippen LogP contribution in [0.1, 0.15) is 43.5 Å². The summed E-state index contributed by atoms with van der Waals surface area (Å²) in [5, 5.41) is 6.10. The number of amides is 2. The maximum Gasteiger partial charge on any atom is 0.256 e. The molecule has 5 nitrogen and oxygen atoms in total. The molecule has 1 aliphatic rings. The average Bonchev–Trinajstić information content (AvgIpc) is 2.66. The molecule has 1 aliphatic heterocycles. The summed E-state index contributed by atoms with van der Waals surface area (Å²) in [7, 11) is 0. The van der Waals surface area contributed by atoms with E-state index < -0.39 is 5.82 Å². The normalized spacial score (nSPS) is 19.0. The zero-order valence-electron chi connectivity index (χ0n) is 16.5. The van der Waals surface area contributed by atoms with Crippen molar-refractivity contribution in [3.63, 3.8) is 0 Å². The Labute approximate surface area is 175 Å². The summed E-state index contributed by atoms with van der Waals surface area (Å²) in [6.45, 7) is 4.04. The highest BCUT2D eigenvalue weighted by Crippen LogP contribution is 2.28. The molecule has 29 heavy (non-hydrogen) atoms. The summed E-state index contributed by atoms with van der Waals surface area (Å²) in [5.74, 6) is -0.866. The molecule has 1 fully saturated rings. The highest BCUT2D eigenvalue weighted by Gasteiger charge is 2.31. The van der Waals surface area contributed by atoms with Crippen LogP contribution in [0.2, 0.25) is 5.02 Å². The van der Waals surface area contributed by atoms with Gasteiger partial charge in [0.25, 0.3) is 5.91 Å². The topological polar surface area (TPSA) is 61.4 Å². The highest BCUT2D eigenvalue weighted by atomic mass is 35.5. The van der Waals surface area contributed by atoms with Gasteiger partial charge < -0.3 is 15.5 Å². The van der Waals surface area contributed by atoms with Crippen molar-refractivity contribution in [2.24, 2.45) is 0 Å². The fraction of sp³-hybridized carbons (Fsp3) is 0.364. The second-order valence-electron chi connectivity index (χ2n) is 7.44. The monoisotopic (exact) mass is 417 g/mol. The van der Waals surface area contributed by atoms with E-state index >= 15 is 0 Å². The van der Waals surface area contributed by atoms with E-state index in [9.17, 15) is 14.0 Å². The Kier molecular flexibility index (Phi) is 6.75. The molecule has 2 aromatic rings. The van der Waals surface area contributed by atoms with E-state index in [0.717, 1.165) is 19.3 Å². The molecule has 2 amide bonds. The lowest BCUT2D eigenvalue weighted by Gasteiger charge is -2.39. The van der Waals surface area contributed by atoms with Gasteiger partial charge >= 0.3 is 0 Å². The molecule has 0 aromatic heterocycles. The molecule has 0 unspecified atom stereocenters. The second-order valence-corrected chi connectivity index (χ2v) is 7.88. The molecule has 2 N–H and O–H groups in total. The van der Waals surface area contributed by atoms with E-state index in [1.54, 1.807) is 24.3 Å². The minimum atomic E-state index is -0.425. The molecule has 0 spiro atoms. The van der Waals surface area contributed by atoms with E-state index in [1.807, 2.05) is 4.90 Å². The van der Waals surface area contributed by atoms with Crippen LogP contribution in [0, 0.1) is 5.82 Å². The van der Waals surface area contributed by atoms with Crippen LogP contribution in [0.5, 0.6) is 0 Å². The molecule has 0 saturated carbocycles. The van der Waals surface area contributed by atoms with Gasteiger partial charge in [-0.05, 0) is 69.5 Å². The number of piperidine rings is 1. The van der Waals surface area contributed by atoms with Gasteiger partial charge in [-0.15, -0.1) is 0 Å². The maximum atomic E-state index is 13.3. The van der Waals surface area contributed by atoms with Gasteiger partial charge in [0.05, 0.1) is 12.1 Å². The predicted molar refractivity (Wildman–Crippen MR) is 114 cm³/mol. The zero-order chi connectivity index (χ0) is 21.0. The molecular weight excluding hydrogens is 393 g/mol. The number of likely N-dealkylation sites (tertiary alicyclic amines) is 1. The molecule has 0 radical (unpaired) electrons. The third kappa shape index (κ3) is 5.26. The number of anilines is 2. The van der Waals surface area contributed by atoms with Gasteiger partial charge in [-0.2, -0.15) is 0 Å². The summed E-state index contributed by atoms with van der Waals surface area (Å²) in [6, 6.07) is 11.0. The molecule has 1 saturated heterocycles. The first-order valence-electron chi connectivity index (χ1n) is 9.76. The van der Waals surface area contributed by atoms with Crippen LogP contribution < -0.4 is 10.6 Å². The predicted octanol–water partition coefficient (Wildman–Crippen LogP) is 4.93. The van der Waals surface area contributed by atoms with Gasteiger partial charge in [0, 0.05) is 28.5 Å². The smallest absolute Gasteiger partial charge is 0.256 e. The van der Waals surface area contributed by atoms with Crippen molar-refractivity contribution in [3.05, 3.63) is 58.9 Å². The van der Waals surface area contributed by atoms with Crippen molar-refractivity contribution in [2.75, 3.05) is 17.2 Å².